The Morgan fingerprint density at radius 2 is 1.65 bits per heavy atom. The molecule has 0 saturated carbocycles. The second kappa shape index (κ2) is 20.8. The lowest BCUT2D eigenvalue weighted by Gasteiger charge is -2.22. The van der Waals surface area contributed by atoms with Crippen LogP contribution in [0.5, 0.6) is 0 Å². The normalized spacial score (nSPS) is 13.2. The third-order valence-electron chi connectivity index (χ3n) is 6.92. The summed E-state index contributed by atoms with van der Waals surface area (Å²) in [7, 11) is 0. The minimum atomic E-state index is -1.20. The summed E-state index contributed by atoms with van der Waals surface area (Å²) in [4.78, 5) is 37.9. The molecule has 9 nitrogen and oxygen atoms in total. The highest BCUT2D eigenvalue weighted by molar-refractivity contribution is 5.80. The highest BCUT2D eigenvalue weighted by Crippen LogP contribution is 2.16. The molecule has 2 aromatic rings. The monoisotopic (exact) mass is 628 g/mol. The van der Waals surface area contributed by atoms with Gasteiger partial charge in [0.1, 0.15) is 12.6 Å². The molecule has 0 heterocycles. The van der Waals surface area contributed by atoms with Gasteiger partial charge < -0.3 is 30.7 Å². The summed E-state index contributed by atoms with van der Waals surface area (Å²) in [5, 5.41) is 18.7. The summed E-state index contributed by atoms with van der Waals surface area (Å²) in [5.74, 6) is -1.18. The Morgan fingerprint density at radius 3 is 2.26 bits per heavy atom. The number of carbonyl (C=O) groups is 3. The first kappa shape index (κ1) is 37.1. The van der Waals surface area contributed by atoms with E-state index in [2.05, 4.69) is 29.0 Å². The summed E-state index contributed by atoms with van der Waals surface area (Å²) < 4.78 is 5.19. The molecule has 0 bridgehead atoms. The Morgan fingerprint density at radius 1 is 0.957 bits per heavy atom. The molecule has 0 aliphatic heterocycles. The van der Waals surface area contributed by atoms with Crippen molar-refractivity contribution in [1.29, 1.82) is 0 Å². The van der Waals surface area contributed by atoms with Crippen LogP contribution in [0.15, 0.2) is 108 Å². The van der Waals surface area contributed by atoms with E-state index in [-0.39, 0.29) is 13.2 Å². The van der Waals surface area contributed by atoms with Gasteiger partial charge in [-0.05, 0) is 55.9 Å². The number of allylic oxidation sites excluding steroid dienone is 8. The fourth-order valence-corrected chi connectivity index (χ4v) is 4.37. The van der Waals surface area contributed by atoms with Gasteiger partial charge in [-0.3, -0.25) is 4.79 Å². The number of carbonyl (C=O) groups excluding carboxylic acids is 2. The highest BCUT2D eigenvalue weighted by atomic mass is 16.5. The molecule has 0 aliphatic rings. The average molecular weight is 629 g/mol. The Balaban J connectivity index is 2.03. The number of aliphatic carboxylic acids is 1. The number of nitrogens with one attached hydrogen (secondary N) is 3. The lowest BCUT2D eigenvalue weighted by atomic mass is 10.1. The van der Waals surface area contributed by atoms with Crippen molar-refractivity contribution in [3.05, 3.63) is 125 Å². The van der Waals surface area contributed by atoms with E-state index in [1.54, 1.807) is 4.90 Å². The Hall–Kier alpha value is -5.05. The van der Waals surface area contributed by atoms with E-state index in [1.807, 2.05) is 113 Å². The Bertz CT molecular complexity index is 1410. The Kier molecular flexibility index (Phi) is 16.8. The van der Waals surface area contributed by atoms with Gasteiger partial charge >= 0.3 is 12.1 Å². The van der Waals surface area contributed by atoms with Crippen LogP contribution in [0.1, 0.15) is 64.2 Å². The maximum atomic E-state index is 12.3. The molecular formula is C37H48N4O5. The molecule has 0 fully saturated rings. The number of nitrogens with zero attached hydrogens (tertiary/aromatic N) is 1. The highest BCUT2D eigenvalue weighted by Gasteiger charge is 2.21. The molecule has 0 spiro atoms. The number of carboxylic acid groups (broad SMARTS) is 1. The second-order valence-electron chi connectivity index (χ2n) is 10.7. The van der Waals surface area contributed by atoms with Gasteiger partial charge in [-0.2, -0.15) is 0 Å². The molecule has 0 saturated heterocycles. The van der Waals surface area contributed by atoms with Gasteiger partial charge in [0.05, 0.1) is 6.54 Å². The van der Waals surface area contributed by atoms with Crippen LogP contribution in [-0.4, -0.2) is 47.6 Å². The van der Waals surface area contributed by atoms with Crippen LogP contribution in [0.3, 0.4) is 0 Å². The number of hydrogen-bond acceptors (Lipinski definition) is 6. The maximum Gasteiger partial charge on any atom is 0.408 e. The van der Waals surface area contributed by atoms with Crippen molar-refractivity contribution in [3.8, 4) is 0 Å². The zero-order chi connectivity index (χ0) is 33.7. The van der Waals surface area contributed by atoms with Gasteiger partial charge in [0.15, 0.2) is 0 Å². The zero-order valence-electron chi connectivity index (χ0n) is 27.6. The number of alkyl carbamates (subject to hydrolysis) is 1. The van der Waals surface area contributed by atoms with Crippen LogP contribution in [0, 0.1) is 0 Å². The van der Waals surface area contributed by atoms with E-state index in [0.29, 0.717) is 19.5 Å². The largest absolute Gasteiger partial charge is 0.480 e. The zero-order valence-corrected chi connectivity index (χ0v) is 27.6. The summed E-state index contributed by atoms with van der Waals surface area (Å²) in [6, 6.07) is 15.7. The van der Waals surface area contributed by atoms with Gasteiger partial charge in [0.25, 0.3) is 0 Å². The summed E-state index contributed by atoms with van der Waals surface area (Å²) in [6.45, 7) is 10.9. The van der Waals surface area contributed by atoms with E-state index in [4.69, 9.17) is 4.74 Å². The van der Waals surface area contributed by atoms with Gasteiger partial charge in [-0.25, -0.2) is 9.59 Å². The summed E-state index contributed by atoms with van der Waals surface area (Å²) in [6.07, 6.45) is 13.6. The molecule has 2 rings (SSSR count). The number of carboxylic acids is 1. The number of amides is 2. The molecule has 9 heteroatoms. The standard InChI is InChI=1S/C37H48N4O5/c1-6-9-11-16-28(4)29(5)39-33(14-7-2)25-41(27-42)24-30-19-21-32(22-20-30)34(15-8-3)38-23-35(36(43)44)40-37(45)46-26-31-17-12-10-13-18-31/h6,9-22,27,35,38-39H,7-8,23-26H2,1-5H3,(H,40,45)(H,43,44)/b9-6-,16-11-,29-28+,33-14+,34-15+. The van der Waals surface area contributed by atoms with Crippen LogP contribution in [0.2, 0.25) is 0 Å². The molecule has 246 valence electrons. The molecule has 4 N–H and O–H groups in total. The predicted octanol–water partition coefficient (Wildman–Crippen LogP) is 6.67. The number of benzene rings is 2. The third-order valence-corrected chi connectivity index (χ3v) is 6.92. The van der Waals surface area contributed by atoms with Crippen molar-refractivity contribution >= 4 is 24.2 Å². The number of rotatable bonds is 19. The molecule has 0 radical (unpaired) electrons. The van der Waals surface area contributed by atoms with Gasteiger partial charge in [-0.1, -0.05) is 105 Å². The smallest absolute Gasteiger partial charge is 0.408 e. The molecule has 2 amide bonds. The van der Waals surface area contributed by atoms with Crippen molar-refractivity contribution in [1.82, 2.24) is 20.9 Å². The van der Waals surface area contributed by atoms with Crippen molar-refractivity contribution in [3.63, 3.8) is 0 Å². The van der Waals surface area contributed by atoms with Crippen LogP contribution in [0.25, 0.3) is 5.70 Å². The van der Waals surface area contributed by atoms with Crippen LogP contribution in [0.4, 0.5) is 4.79 Å². The summed E-state index contributed by atoms with van der Waals surface area (Å²) >= 11 is 0. The van der Waals surface area contributed by atoms with E-state index in [9.17, 15) is 19.5 Å². The summed E-state index contributed by atoms with van der Waals surface area (Å²) in [5.41, 5.74) is 6.42. The molecule has 1 unspecified atom stereocenters. The number of ether oxygens (including phenoxy) is 1. The lowest BCUT2D eigenvalue weighted by Crippen LogP contribution is -2.47. The van der Waals surface area contributed by atoms with E-state index >= 15 is 0 Å². The molecule has 0 aromatic heterocycles. The minimum Gasteiger partial charge on any atom is -0.480 e. The van der Waals surface area contributed by atoms with Gasteiger partial charge in [0.2, 0.25) is 6.41 Å². The molecule has 2 aromatic carbocycles. The first-order valence-electron chi connectivity index (χ1n) is 15.6. The SMILES string of the molecule is C\C=C/C=C\C(C)=C(/C)N/C(=C/CC)CN(C=O)Cc1ccc(/C(=C\CC)NCC(NC(=O)OCc2ccccc2)C(=O)O)cc1. The van der Waals surface area contributed by atoms with Crippen molar-refractivity contribution in [2.45, 2.75) is 66.7 Å². The first-order valence-corrected chi connectivity index (χ1v) is 15.6. The van der Waals surface area contributed by atoms with Gasteiger partial charge in [0, 0.05) is 30.2 Å². The van der Waals surface area contributed by atoms with Crippen molar-refractivity contribution in [2.24, 2.45) is 0 Å². The van der Waals surface area contributed by atoms with Crippen LogP contribution < -0.4 is 16.0 Å². The topological polar surface area (TPSA) is 120 Å². The molecule has 0 aliphatic carbocycles. The Labute approximate surface area is 273 Å². The van der Waals surface area contributed by atoms with Crippen LogP contribution in [-0.2, 0) is 27.5 Å². The van der Waals surface area contributed by atoms with E-state index in [1.165, 1.54) is 0 Å². The number of hydrogen-bond donors (Lipinski definition) is 4. The third kappa shape index (κ3) is 13.7. The quantitative estimate of drug-likeness (QED) is 0.101. The molecule has 1 atom stereocenters. The fraction of sp³-hybridized carbons (Fsp3) is 0.324. The van der Waals surface area contributed by atoms with Crippen LogP contribution >= 0.6 is 0 Å². The first-order chi connectivity index (χ1) is 22.2. The second-order valence-corrected chi connectivity index (χ2v) is 10.7. The molecule has 46 heavy (non-hydrogen) atoms. The van der Waals surface area contributed by atoms with E-state index in [0.717, 1.165) is 52.2 Å². The van der Waals surface area contributed by atoms with E-state index < -0.39 is 18.1 Å². The fourth-order valence-electron chi connectivity index (χ4n) is 4.37. The average Bonchev–Trinajstić information content (AvgIpc) is 3.05. The maximum absolute atomic E-state index is 12.3. The van der Waals surface area contributed by atoms with Crippen molar-refractivity contribution < 1.29 is 24.2 Å². The molecular weight excluding hydrogens is 580 g/mol. The lowest BCUT2D eigenvalue weighted by molar-refractivity contribution is -0.139. The van der Waals surface area contributed by atoms with Gasteiger partial charge in [-0.15, -0.1) is 0 Å². The minimum absolute atomic E-state index is 0.0408. The predicted molar refractivity (Wildman–Crippen MR) is 184 cm³/mol. The van der Waals surface area contributed by atoms with Crippen molar-refractivity contribution in [2.75, 3.05) is 13.1 Å².